The molecular formula is C16H22BrNO2. The Hall–Kier alpha value is -0.580. The lowest BCUT2D eigenvalue weighted by atomic mass is 9.75. The van der Waals surface area contributed by atoms with Crippen LogP contribution >= 0.6 is 15.9 Å². The number of fused-ring (bicyclic) bond motifs is 1. The van der Waals surface area contributed by atoms with Gasteiger partial charge in [-0.3, -0.25) is 0 Å². The molecule has 0 radical (unpaired) electrons. The zero-order chi connectivity index (χ0) is 14.2. The Balaban J connectivity index is 2.00. The van der Waals surface area contributed by atoms with Crippen molar-refractivity contribution in [1.29, 1.82) is 0 Å². The molecule has 1 heterocycles. The van der Waals surface area contributed by atoms with Crippen molar-refractivity contribution in [3.63, 3.8) is 0 Å². The van der Waals surface area contributed by atoms with E-state index in [4.69, 9.17) is 9.47 Å². The monoisotopic (exact) mass is 339 g/mol. The highest BCUT2D eigenvalue weighted by molar-refractivity contribution is 9.10. The Morgan fingerprint density at radius 1 is 1.40 bits per heavy atom. The van der Waals surface area contributed by atoms with Crippen molar-refractivity contribution in [3.8, 4) is 5.75 Å². The van der Waals surface area contributed by atoms with Crippen LogP contribution in [-0.4, -0.2) is 25.9 Å². The topological polar surface area (TPSA) is 30.5 Å². The summed E-state index contributed by atoms with van der Waals surface area (Å²) in [5, 5.41) is 3.44. The number of nitrogens with one attached hydrogen (secondary N) is 1. The molecule has 1 aliphatic heterocycles. The maximum absolute atomic E-state index is 6.48. The predicted molar refractivity (Wildman–Crippen MR) is 83.2 cm³/mol. The van der Waals surface area contributed by atoms with E-state index in [9.17, 15) is 0 Å². The van der Waals surface area contributed by atoms with E-state index in [2.05, 4.69) is 39.4 Å². The lowest BCUT2D eigenvalue weighted by Crippen LogP contribution is -2.54. The maximum atomic E-state index is 6.48. The molecule has 3 nitrogen and oxygen atoms in total. The van der Waals surface area contributed by atoms with Gasteiger partial charge in [-0.05, 0) is 38.4 Å². The van der Waals surface area contributed by atoms with Gasteiger partial charge in [-0.1, -0.05) is 28.4 Å². The molecule has 0 saturated heterocycles. The van der Waals surface area contributed by atoms with Gasteiger partial charge in [0.05, 0.1) is 6.10 Å². The number of rotatable bonds is 2. The highest BCUT2D eigenvalue weighted by Gasteiger charge is 2.48. The average Bonchev–Trinajstić information content (AvgIpc) is 2.46. The van der Waals surface area contributed by atoms with Crippen LogP contribution in [0.2, 0.25) is 0 Å². The summed E-state index contributed by atoms with van der Waals surface area (Å²) in [5.74, 6) is 0.994. The van der Waals surface area contributed by atoms with E-state index < -0.39 is 0 Å². The van der Waals surface area contributed by atoms with Crippen LogP contribution in [0.25, 0.3) is 0 Å². The molecule has 1 aliphatic carbocycles. The zero-order valence-electron chi connectivity index (χ0n) is 12.1. The van der Waals surface area contributed by atoms with Gasteiger partial charge in [0, 0.05) is 29.6 Å². The molecule has 1 saturated carbocycles. The van der Waals surface area contributed by atoms with Crippen LogP contribution in [0.4, 0.5) is 0 Å². The van der Waals surface area contributed by atoms with Gasteiger partial charge in [0.2, 0.25) is 0 Å². The van der Waals surface area contributed by atoms with E-state index in [1.807, 2.05) is 14.2 Å². The second-order valence-corrected chi connectivity index (χ2v) is 6.78. The number of ether oxygens (including phenoxy) is 2. The molecule has 0 amide bonds. The molecule has 1 aromatic rings. The Labute approximate surface area is 129 Å². The molecule has 3 unspecified atom stereocenters. The maximum Gasteiger partial charge on any atom is 0.137 e. The van der Waals surface area contributed by atoms with Gasteiger partial charge in [-0.25, -0.2) is 0 Å². The molecule has 2 aliphatic rings. The zero-order valence-corrected chi connectivity index (χ0v) is 13.7. The minimum absolute atomic E-state index is 0.172. The van der Waals surface area contributed by atoms with Gasteiger partial charge < -0.3 is 14.8 Å². The summed E-state index contributed by atoms with van der Waals surface area (Å²) in [6, 6.07) is 6.65. The first-order valence-electron chi connectivity index (χ1n) is 7.37. The van der Waals surface area contributed by atoms with E-state index in [1.54, 1.807) is 0 Å². The quantitative estimate of drug-likeness (QED) is 0.888. The molecule has 3 atom stereocenters. The van der Waals surface area contributed by atoms with Crippen molar-refractivity contribution in [2.45, 2.75) is 49.9 Å². The van der Waals surface area contributed by atoms with Crippen molar-refractivity contribution in [1.82, 2.24) is 5.32 Å². The largest absolute Gasteiger partial charge is 0.484 e. The second-order valence-electron chi connectivity index (χ2n) is 5.86. The van der Waals surface area contributed by atoms with Crippen LogP contribution in [0.1, 0.15) is 43.7 Å². The van der Waals surface area contributed by atoms with Crippen molar-refractivity contribution in [2.24, 2.45) is 0 Å². The van der Waals surface area contributed by atoms with Crippen LogP contribution < -0.4 is 10.1 Å². The Kier molecular flexibility index (Phi) is 4.07. The highest BCUT2D eigenvalue weighted by atomic mass is 79.9. The first-order valence-corrected chi connectivity index (χ1v) is 8.16. The van der Waals surface area contributed by atoms with Crippen LogP contribution in [0.5, 0.6) is 5.75 Å². The molecule has 1 N–H and O–H groups in total. The summed E-state index contributed by atoms with van der Waals surface area (Å²) in [7, 11) is 3.84. The summed E-state index contributed by atoms with van der Waals surface area (Å²) in [6.45, 7) is 0. The predicted octanol–water partition coefficient (Wildman–Crippen LogP) is 3.82. The number of halogens is 1. The lowest BCUT2D eigenvalue weighted by Gasteiger charge is -2.48. The molecule has 1 spiro atoms. The Morgan fingerprint density at radius 2 is 2.25 bits per heavy atom. The number of hydrogen-bond acceptors (Lipinski definition) is 3. The number of methoxy groups -OCH3 is 1. The van der Waals surface area contributed by atoms with Gasteiger partial charge in [-0.2, -0.15) is 0 Å². The Morgan fingerprint density at radius 3 is 3.00 bits per heavy atom. The molecule has 1 aromatic carbocycles. The number of benzene rings is 1. The molecule has 1 fully saturated rings. The molecule has 3 rings (SSSR count). The van der Waals surface area contributed by atoms with Gasteiger partial charge in [0.1, 0.15) is 11.4 Å². The SMILES string of the molecule is CNC1CC2(CCCCC2OC)Oc2cc(Br)ccc21. The van der Waals surface area contributed by atoms with Crippen LogP contribution in [-0.2, 0) is 4.74 Å². The second kappa shape index (κ2) is 5.66. The summed E-state index contributed by atoms with van der Waals surface area (Å²) in [6.07, 6.45) is 5.81. The third-order valence-electron chi connectivity index (χ3n) is 4.75. The fourth-order valence-electron chi connectivity index (χ4n) is 3.72. The first kappa shape index (κ1) is 14.4. The number of hydrogen-bond donors (Lipinski definition) is 1. The fraction of sp³-hybridized carbons (Fsp3) is 0.625. The molecule has 0 aromatic heterocycles. The van der Waals surface area contributed by atoms with Crippen molar-refractivity contribution in [3.05, 3.63) is 28.2 Å². The van der Waals surface area contributed by atoms with Crippen LogP contribution in [0, 0.1) is 0 Å². The Bertz CT molecular complexity index is 493. The van der Waals surface area contributed by atoms with E-state index in [1.165, 1.54) is 18.4 Å². The minimum Gasteiger partial charge on any atom is -0.484 e. The minimum atomic E-state index is -0.172. The van der Waals surface area contributed by atoms with Crippen molar-refractivity contribution >= 4 is 15.9 Å². The van der Waals surface area contributed by atoms with E-state index in [0.717, 1.165) is 29.5 Å². The van der Waals surface area contributed by atoms with Crippen molar-refractivity contribution in [2.75, 3.05) is 14.2 Å². The molecular weight excluding hydrogens is 318 g/mol. The smallest absolute Gasteiger partial charge is 0.137 e. The standard InChI is InChI=1S/C16H22BrNO2/c1-18-13-10-16(8-4-3-5-15(16)19-2)20-14-9-11(17)6-7-12(13)14/h6-7,9,13,15,18H,3-5,8,10H2,1-2H3. The molecule has 4 heteroatoms. The third-order valence-corrected chi connectivity index (χ3v) is 5.24. The fourth-order valence-corrected chi connectivity index (χ4v) is 4.06. The van der Waals surface area contributed by atoms with E-state index in [0.29, 0.717) is 6.04 Å². The van der Waals surface area contributed by atoms with Gasteiger partial charge in [0.25, 0.3) is 0 Å². The summed E-state index contributed by atoms with van der Waals surface area (Å²) < 4.78 is 13.3. The summed E-state index contributed by atoms with van der Waals surface area (Å²) in [5.41, 5.74) is 1.08. The molecule has 110 valence electrons. The van der Waals surface area contributed by atoms with E-state index in [-0.39, 0.29) is 11.7 Å². The van der Waals surface area contributed by atoms with Gasteiger partial charge in [0.15, 0.2) is 0 Å². The van der Waals surface area contributed by atoms with Crippen LogP contribution in [0.3, 0.4) is 0 Å². The normalized spacial score (nSPS) is 32.8. The average molecular weight is 340 g/mol. The summed E-state index contributed by atoms with van der Waals surface area (Å²) in [4.78, 5) is 0. The third kappa shape index (κ3) is 2.38. The summed E-state index contributed by atoms with van der Waals surface area (Å²) >= 11 is 3.55. The first-order chi connectivity index (χ1) is 9.68. The van der Waals surface area contributed by atoms with Gasteiger partial charge >= 0.3 is 0 Å². The molecule has 20 heavy (non-hydrogen) atoms. The van der Waals surface area contributed by atoms with Gasteiger partial charge in [-0.15, -0.1) is 0 Å². The molecule has 0 bridgehead atoms. The highest BCUT2D eigenvalue weighted by Crippen LogP contribution is 2.47. The van der Waals surface area contributed by atoms with Crippen molar-refractivity contribution < 1.29 is 9.47 Å². The van der Waals surface area contributed by atoms with Crippen LogP contribution in [0.15, 0.2) is 22.7 Å². The lowest BCUT2D eigenvalue weighted by molar-refractivity contribution is -0.115. The van der Waals surface area contributed by atoms with E-state index >= 15 is 0 Å².